The molecular formula is C13H17ClN2O2. The van der Waals surface area contributed by atoms with E-state index in [9.17, 15) is 4.79 Å². The smallest absolute Gasteiger partial charge is 0.240 e. The second kappa shape index (κ2) is 5.59. The zero-order valence-corrected chi connectivity index (χ0v) is 11.3. The van der Waals surface area contributed by atoms with Gasteiger partial charge in [-0.05, 0) is 25.6 Å². The number of hydrogen-bond acceptors (Lipinski definition) is 3. The molecule has 1 aliphatic rings. The van der Waals surface area contributed by atoms with Crippen molar-refractivity contribution >= 4 is 17.5 Å². The van der Waals surface area contributed by atoms with E-state index in [1.165, 1.54) is 0 Å². The van der Waals surface area contributed by atoms with Crippen LogP contribution in [-0.4, -0.2) is 37.6 Å². The van der Waals surface area contributed by atoms with Gasteiger partial charge in [-0.25, -0.2) is 0 Å². The van der Waals surface area contributed by atoms with Crippen molar-refractivity contribution in [2.24, 2.45) is 0 Å². The molecule has 0 spiro atoms. The third-order valence-corrected chi connectivity index (χ3v) is 3.64. The minimum atomic E-state index is -0.0708. The van der Waals surface area contributed by atoms with Crippen LogP contribution in [0.3, 0.4) is 0 Å². The van der Waals surface area contributed by atoms with E-state index in [1.54, 1.807) is 7.11 Å². The lowest BCUT2D eigenvalue weighted by Crippen LogP contribution is -2.36. The summed E-state index contributed by atoms with van der Waals surface area (Å²) in [6, 6.07) is 5.44. The van der Waals surface area contributed by atoms with Gasteiger partial charge >= 0.3 is 0 Å². The molecule has 1 unspecified atom stereocenters. The number of carbonyl (C=O) groups excluding carboxylic acids is 1. The molecule has 0 aliphatic carbocycles. The summed E-state index contributed by atoms with van der Waals surface area (Å²) in [7, 11) is 3.42. The van der Waals surface area contributed by atoms with Gasteiger partial charge in [0.05, 0.1) is 19.7 Å². The Kier molecular flexibility index (Phi) is 4.09. The summed E-state index contributed by atoms with van der Waals surface area (Å²) in [5.74, 6) is 0.850. The fourth-order valence-corrected chi connectivity index (χ4v) is 2.46. The van der Waals surface area contributed by atoms with Gasteiger partial charge in [0.1, 0.15) is 5.75 Å². The van der Waals surface area contributed by atoms with E-state index in [-0.39, 0.29) is 11.9 Å². The minimum absolute atomic E-state index is 0.0708. The quantitative estimate of drug-likeness (QED) is 0.903. The average Bonchev–Trinajstić information content (AvgIpc) is 2.73. The Bertz CT molecular complexity index is 451. The third kappa shape index (κ3) is 2.44. The van der Waals surface area contributed by atoms with Crippen molar-refractivity contribution in [3.8, 4) is 5.75 Å². The van der Waals surface area contributed by atoms with Crippen molar-refractivity contribution in [3.63, 3.8) is 0 Å². The highest BCUT2D eigenvalue weighted by Crippen LogP contribution is 2.28. The molecule has 1 atom stereocenters. The van der Waals surface area contributed by atoms with E-state index in [4.69, 9.17) is 16.3 Å². The van der Waals surface area contributed by atoms with Crippen LogP contribution < -0.4 is 10.1 Å². The lowest BCUT2D eigenvalue weighted by molar-refractivity contribution is -0.129. The van der Waals surface area contributed by atoms with E-state index in [2.05, 4.69) is 5.32 Å². The molecule has 0 saturated carbocycles. The number of nitrogens with one attached hydrogen (secondary N) is 1. The average molecular weight is 269 g/mol. The normalized spacial score (nSPS) is 19.4. The predicted octanol–water partition coefficient (Wildman–Crippen LogP) is 1.67. The maximum Gasteiger partial charge on any atom is 0.240 e. The monoisotopic (exact) mass is 268 g/mol. The van der Waals surface area contributed by atoms with Crippen LogP contribution >= 0.6 is 11.6 Å². The fourth-order valence-electron chi connectivity index (χ4n) is 2.24. The first kappa shape index (κ1) is 13.2. The van der Waals surface area contributed by atoms with Gasteiger partial charge in [0.25, 0.3) is 0 Å². The molecule has 1 aromatic carbocycles. The first-order chi connectivity index (χ1) is 8.67. The van der Waals surface area contributed by atoms with Crippen LogP contribution in [0.15, 0.2) is 18.2 Å². The van der Waals surface area contributed by atoms with Crippen molar-refractivity contribution < 1.29 is 9.53 Å². The molecule has 2 rings (SSSR count). The third-order valence-electron chi connectivity index (χ3n) is 3.29. The van der Waals surface area contributed by atoms with Crippen LogP contribution in [-0.2, 0) is 11.3 Å². The molecule has 1 fully saturated rings. The number of carbonyl (C=O) groups is 1. The minimum Gasteiger partial charge on any atom is -0.496 e. The fraction of sp³-hybridized carbons (Fsp3) is 0.462. The maximum atomic E-state index is 12.0. The van der Waals surface area contributed by atoms with Gasteiger partial charge in [0.2, 0.25) is 5.91 Å². The SMILES string of the molecule is CNC1CCN(Cc2c(Cl)cccc2OC)C1=O. The number of likely N-dealkylation sites (tertiary alicyclic amines) is 1. The highest BCUT2D eigenvalue weighted by molar-refractivity contribution is 6.31. The molecule has 4 nitrogen and oxygen atoms in total. The van der Waals surface area contributed by atoms with Crippen LogP contribution in [0.5, 0.6) is 5.75 Å². The Labute approximate surface area is 112 Å². The van der Waals surface area contributed by atoms with Crippen molar-refractivity contribution in [3.05, 3.63) is 28.8 Å². The summed E-state index contributed by atoms with van der Waals surface area (Å²) in [6.07, 6.45) is 0.835. The van der Waals surface area contributed by atoms with Crippen molar-refractivity contribution in [1.29, 1.82) is 0 Å². The highest BCUT2D eigenvalue weighted by atomic mass is 35.5. The number of halogens is 1. The number of rotatable bonds is 4. The molecule has 1 saturated heterocycles. The van der Waals surface area contributed by atoms with Crippen molar-refractivity contribution in [1.82, 2.24) is 10.2 Å². The Balaban J connectivity index is 2.18. The van der Waals surface area contributed by atoms with E-state index in [0.29, 0.717) is 11.6 Å². The second-order valence-electron chi connectivity index (χ2n) is 4.31. The molecule has 5 heteroatoms. The van der Waals surface area contributed by atoms with Crippen LogP contribution in [0.1, 0.15) is 12.0 Å². The standard InChI is InChI=1S/C13H17ClN2O2/c1-15-11-6-7-16(13(11)17)8-9-10(14)4-3-5-12(9)18-2/h3-5,11,15H,6-8H2,1-2H3. The summed E-state index contributed by atoms with van der Waals surface area (Å²) >= 11 is 6.17. The molecule has 1 heterocycles. The topological polar surface area (TPSA) is 41.6 Å². The predicted molar refractivity (Wildman–Crippen MR) is 70.9 cm³/mol. The molecule has 1 aromatic rings. The lowest BCUT2D eigenvalue weighted by atomic mass is 10.2. The number of nitrogens with zero attached hydrogens (tertiary/aromatic N) is 1. The van der Waals surface area contributed by atoms with Gasteiger partial charge in [-0.15, -0.1) is 0 Å². The first-order valence-electron chi connectivity index (χ1n) is 5.94. The number of likely N-dealkylation sites (N-methyl/N-ethyl adjacent to an activating group) is 1. The van der Waals surface area contributed by atoms with E-state index in [0.717, 1.165) is 24.3 Å². The summed E-state index contributed by atoms with van der Waals surface area (Å²) in [4.78, 5) is 13.8. The molecular weight excluding hydrogens is 252 g/mol. The lowest BCUT2D eigenvalue weighted by Gasteiger charge is -2.19. The number of benzene rings is 1. The van der Waals surface area contributed by atoms with Crippen LogP contribution in [0.2, 0.25) is 5.02 Å². The molecule has 1 N–H and O–H groups in total. The molecule has 0 aromatic heterocycles. The molecule has 1 aliphatic heterocycles. The first-order valence-corrected chi connectivity index (χ1v) is 6.32. The largest absolute Gasteiger partial charge is 0.496 e. The van der Waals surface area contributed by atoms with Crippen LogP contribution in [0.25, 0.3) is 0 Å². The van der Waals surface area contributed by atoms with Crippen LogP contribution in [0, 0.1) is 0 Å². The number of ether oxygens (including phenoxy) is 1. The number of amides is 1. The van der Waals surface area contributed by atoms with E-state index < -0.39 is 0 Å². The van der Waals surface area contributed by atoms with Gasteiger partial charge in [0.15, 0.2) is 0 Å². The molecule has 0 bridgehead atoms. The summed E-state index contributed by atoms with van der Waals surface area (Å²) in [5.41, 5.74) is 0.867. The van der Waals surface area contributed by atoms with E-state index >= 15 is 0 Å². The van der Waals surface area contributed by atoms with E-state index in [1.807, 2.05) is 30.1 Å². The summed E-state index contributed by atoms with van der Waals surface area (Å²) in [5, 5.41) is 3.65. The molecule has 18 heavy (non-hydrogen) atoms. The second-order valence-corrected chi connectivity index (χ2v) is 4.72. The maximum absolute atomic E-state index is 12.0. The Morgan fingerprint density at radius 3 is 2.94 bits per heavy atom. The number of methoxy groups -OCH3 is 1. The van der Waals surface area contributed by atoms with Gasteiger partial charge in [-0.2, -0.15) is 0 Å². The van der Waals surface area contributed by atoms with Gasteiger partial charge in [0, 0.05) is 17.1 Å². The van der Waals surface area contributed by atoms with Gasteiger partial charge in [-0.3, -0.25) is 4.79 Å². The Morgan fingerprint density at radius 1 is 1.56 bits per heavy atom. The molecule has 0 radical (unpaired) electrons. The van der Waals surface area contributed by atoms with Crippen molar-refractivity contribution in [2.45, 2.75) is 19.0 Å². The highest BCUT2D eigenvalue weighted by Gasteiger charge is 2.31. The summed E-state index contributed by atoms with van der Waals surface area (Å²) in [6.45, 7) is 1.25. The number of hydrogen-bond donors (Lipinski definition) is 1. The van der Waals surface area contributed by atoms with Crippen LogP contribution in [0.4, 0.5) is 0 Å². The zero-order chi connectivity index (χ0) is 13.1. The van der Waals surface area contributed by atoms with Crippen molar-refractivity contribution in [2.75, 3.05) is 20.7 Å². The summed E-state index contributed by atoms with van der Waals surface area (Å²) < 4.78 is 5.29. The Morgan fingerprint density at radius 2 is 2.33 bits per heavy atom. The Hall–Kier alpha value is -1.26. The molecule has 1 amide bonds. The molecule has 98 valence electrons. The zero-order valence-electron chi connectivity index (χ0n) is 10.6. The van der Waals surface area contributed by atoms with Gasteiger partial charge in [-0.1, -0.05) is 17.7 Å². The van der Waals surface area contributed by atoms with Gasteiger partial charge < -0.3 is 15.0 Å².